The molecule has 0 aliphatic rings. The van der Waals surface area contributed by atoms with E-state index in [4.69, 9.17) is 4.98 Å². The zero-order chi connectivity index (χ0) is 23.8. The molecule has 0 atom stereocenters. The number of nitrogens with zero attached hydrogens (tertiary/aromatic N) is 4. The third kappa shape index (κ3) is 4.19. The predicted octanol–water partition coefficient (Wildman–Crippen LogP) is 5.89. The summed E-state index contributed by atoms with van der Waals surface area (Å²) in [6.45, 7) is 1.73. The van der Waals surface area contributed by atoms with Crippen LogP contribution in [-0.2, 0) is 6.54 Å². The molecule has 7 nitrogen and oxygen atoms in total. The van der Waals surface area contributed by atoms with E-state index in [0.29, 0.717) is 37.5 Å². The molecule has 0 saturated heterocycles. The Kier molecular flexibility index (Phi) is 5.66. The number of carbonyl (C=O) groups is 1. The number of halogens is 2. The number of fused-ring (bicyclic) bond motifs is 2. The fourth-order valence-corrected chi connectivity index (χ4v) is 4.62. The van der Waals surface area contributed by atoms with E-state index >= 15 is 0 Å². The van der Waals surface area contributed by atoms with Crippen molar-refractivity contribution in [2.75, 3.05) is 5.32 Å². The Morgan fingerprint density at radius 1 is 1.15 bits per heavy atom. The molecule has 3 heterocycles. The van der Waals surface area contributed by atoms with Crippen LogP contribution in [0.5, 0.6) is 5.75 Å². The van der Waals surface area contributed by atoms with E-state index in [1.165, 1.54) is 23.5 Å². The van der Waals surface area contributed by atoms with Gasteiger partial charge in [0.15, 0.2) is 5.13 Å². The number of benzene rings is 2. The molecule has 5 aromatic rings. The first kappa shape index (κ1) is 21.9. The third-order valence-electron chi connectivity index (χ3n) is 5.31. The molecule has 1 amide bonds. The van der Waals surface area contributed by atoms with Crippen LogP contribution >= 0.6 is 11.3 Å². The number of amides is 1. The van der Waals surface area contributed by atoms with Crippen molar-refractivity contribution in [3.63, 3.8) is 0 Å². The van der Waals surface area contributed by atoms with Gasteiger partial charge in [-0.1, -0.05) is 29.5 Å². The Morgan fingerprint density at radius 3 is 2.74 bits per heavy atom. The van der Waals surface area contributed by atoms with Crippen LogP contribution in [0.15, 0.2) is 54.7 Å². The van der Waals surface area contributed by atoms with Gasteiger partial charge in [-0.25, -0.2) is 9.97 Å². The molecule has 5 rings (SSSR count). The van der Waals surface area contributed by atoms with E-state index in [2.05, 4.69) is 20.1 Å². The molecule has 0 radical (unpaired) electrons. The normalized spacial score (nSPS) is 11.4. The number of thiazole rings is 1. The molecule has 0 spiro atoms. The van der Waals surface area contributed by atoms with Gasteiger partial charge in [-0.2, -0.15) is 13.9 Å². The lowest BCUT2D eigenvalue weighted by Crippen LogP contribution is -2.13. The van der Waals surface area contributed by atoms with Crippen LogP contribution < -0.4 is 10.1 Å². The quantitative estimate of drug-likeness (QED) is 0.328. The summed E-state index contributed by atoms with van der Waals surface area (Å²) in [6, 6.07) is 13.6. The number of alkyl halides is 2. The lowest BCUT2D eigenvalue weighted by Gasteiger charge is -2.09. The van der Waals surface area contributed by atoms with Crippen LogP contribution in [-0.4, -0.2) is 32.3 Å². The maximum Gasteiger partial charge on any atom is 0.387 e. The highest BCUT2D eigenvalue weighted by Crippen LogP contribution is 2.31. The van der Waals surface area contributed by atoms with Gasteiger partial charge in [-0.3, -0.25) is 14.8 Å². The summed E-state index contributed by atoms with van der Waals surface area (Å²) in [4.78, 5) is 22.5. The zero-order valence-electron chi connectivity index (χ0n) is 18.3. The summed E-state index contributed by atoms with van der Waals surface area (Å²) in [6.07, 6.45) is 1.92. The van der Waals surface area contributed by atoms with Crippen LogP contribution in [0.2, 0.25) is 0 Å². The standard InChI is InChI=1S/C24H19F2N5O2S/c1-3-31-12-17(13(2)30-31)20-11-16(15-6-4-5-7-18(15)27-20)22(32)29-24-28-19-9-8-14(33-23(25)26)10-21(19)34-24/h4-12,23H,3H2,1-2H3,(H,28,29,32). The molecule has 10 heteroatoms. The minimum absolute atomic E-state index is 0.0387. The highest BCUT2D eigenvalue weighted by Gasteiger charge is 2.18. The van der Waals surface area contributed by atoms with E-state index < -0.39 is 6.61 Å². The fourth-order valence-electron chi connectivity index (χ4n) is 3.73. The average molecular weight is 480 g/mol. The van der Waals surface area contributed by atoms with Crippen molar-refractivity contribution in [2.45, 2.75) is 27.0 Å². The van der Waals surface area contributed by atoms with Crippen molar-refractivity contribution in [1.29, 1.82) is 0 Å². The number of aromatic nitrogens is 4. The summed E-state index contributed by atoms with van der Waals surface area (Å²) < 4.78 is 31.9. The Balaban J connectivity index is 1.52. The lowest BCUT2D eigenvalue weighted by molar-refractivity contribution is -0.0497. The van der Waals surface area contributed by atoms with Crippen molar-refractivity contribution in [3.8, 4) is 17.0 Å². The Morgan fingerprint density at radius 2 is 1.97 bits per heavy atom. The van der Waals surface area contributed by atoms with Gasteiger partial charge in [0.25, 0.3) is 5.91 Å². The Hall–Kier alpha value is -3.92. The maximum absolute atomic E-state index is 13.3. The molecule has 172 valence electrons. The minimum atomic E-state index is -2.91. The monoisotopic (exact) mass is 479 g/mol. The molecule has 34 heavy (non-hydrogen) atoms. The number of hydrogen-bond acceptors (Lipinski definition) is 6. The maximum atomic E-state index is 13.3. The average Bonchev–Trinajstić information content (AvgIpc) is 3.39. The molecule has 2 aromatic carbocycles. The lowest BCUT2D eigenvalue weighted by atomic mass is 10.0. The third-order valence-corrected chi connectivity index (χ3v) is 6.25. The second-order valence-electron chi connectivity index (χ2n) is 7.54. The summed E-state index contributed by atoms with van der Waals surface area (Å²) in [5, 5.41) is 8.39. The summed E-state index contributed by atoms with van der Waals surface area (Å²) in [7, 11) is 0. The molecule has 3 aromatic heterocycles. The zero-order valence-corrected chi connectivity index (χ0v) is 19.1. The fraction of sp³-hybridized carbons (Fsp3) is 0.167. The first-order valence-corrected chi connectivity index (χ1v) is 11.3. The van der Waals surface area contributed by atoms with Gasteiger partial charge in [0.2, 0.25) is 0 Å². The number of anilines is 1. The second-order valence-corrected chi connectivity index (χ2v) is 8.57. The van der Waals surface area contributed by atoms with E-state index in [-0.39, 0.29) is 11.7 Å². The number of nitrogens with one attached hydrogen (secondary N) is 1. The van der Waals surface area contributed by atoms with Gasteiger partial charge in [-0.05, 0) is 44.2 Å². The largest absolute Gasteiger partial charge is 0.435 e. The van der Waals surface area contributed by atoms with Crippen LogP contribution in [0.1, 0.15) is 23.0 Å². The van der Waals surface area contributed by atoms with Gasteiger partial charge in [0, 0.05) is 23.7 Å². The smallest absolute Gasteiger partial charge is 0.387 e. The molecular weight excluding hydrogens is 460 g/mol. The van der Waals surface area contributed by atoms with Crippen LogP contribution in [0.4, 0.5) is 13.9 Å². The molecule has 0 unspecified atom stereocenters. The van der Waals surface area contributed by atoms with Crippen molar-refractivity contribution in [1.82, 2.24) is 19.7 Å². The number of hydrogen-bond donors (Lipinski definition) is 1. The van der Waals surface area contributed by atoms with Gasteiger partial charge in [0.1, 0.15) is 5.75 Å². The van der Waals surface area contributed by atoms with Gasteiger partial charge < -0.3 is 4.74 Å². The van der Waals surface area contributed by atoms with E-state index in [9.17, 15) is 13.6 Å². The molecule has 0 aliphatic heterocycles. The van der Waals surface area contributed by atoms with Crippen LogP contribution in [0.3, 0.4) is 0 Å². The topological polar surface area (TPSA) is 81.9 Å². The molecule has 0 bridgehead atoms. The SMILES string of the molecule is CCn1cc(-c2cc(C(=O)Nc3nc4ccc(OC(F)F)cc4s3)c3ccccc3n2)c(C)n1. The van der Waals surface area contributed by atoms with Crippen molar-refractivity contribution in [2.24, 2.45) is 0 Å². The molecular formula is C24H19F2N5O2S. The number of rotatable bonds is 6. The molecule has 0 fully saturated rings. The van der Waals surface area contributed by atoms with Crippen molar-refractivity contribution >= 4 is 43.5 Å². The number of carbonyl (C=O) groups excluding carboxylic acids is 1. The molecule has 1 N–H and O–H groups in total. The summed E-state index contributed by atoms with van der Waals surface area (Å²) in [5.41, 5.74) is 4.04. The van der Waals surface area contributed by atoms with Crippen molar-refractivity contribution < 1.29 is 18.3 Å². The molecule has 0 saturated carbocycles. The summed E-state index contributed by atoms with van der Waals surface area (Å²) >= 11 is 1.18. The summed E-state index contributed by atoms with van der Waals surface area (Å²) in [5.74, 6) is -0.305. The van der Waals surface area contributed by atoms with E-state index in [1.54, 1.807) is 12.1 Å². The number of pyridine rings is 1. The molecule has 0 aliphatic carbocycles. The first-order chi connectivity index (χ1) is 16.4. The van der Waals surface area contributed by atoms with E-state index in [1.807, 2.05) is 49.0 Å². The van der Waals surface area contributed by atoms with E-state index in [0.717, 1.165) is 17.8 Å². The van der Waals surface area contributed by atoms with Crippen LogP contribution in [0.25, 0.3) is 32.4 Å². The number of ether oxygens (including phenoxy) is 1. The highest BCUT2D eigenvalue weighted by molar-refractivity contribution is 7.22. The number of aryl methyl sites for hydroxylation is 2. The van der Waals surface area contributed by atoms with Gasteiger partial charge in [0.05, 0.1) is 32.7 Å². The van der Waals surface area contributed by atoms with Gasteiger partial charge >= 0.3 is 6.61 Å². The first-order valence-electron chi connectivity index (χ1n) is 10.5. The minimum Gasteiger partial charge on any atom is -0.435 e. The predicted molar refractivity (Wildman–Crippen MR) is 128 cm³/mol. The number of para-hydroxylation sites is 1. The van der Waals surface area contributed by atoms with Crippen molar-refractivity contribution in [3.05, 3.63) is 66.0 Å². The Bertz CT molecular complexity index is 1530. The van der Waals surface area contributed by atoms with Gasteiger partial charge in [-0.15, -0.1) is 0 Å². The van der Waals surface area contributed by atoms with Crippen LogP contribution in [0, 0.1) is 6.92 Å². The second kappa shape index (κ2) is 8.79. The Labute approximate surface area is 197 Å². The highest BCUT2D eigenvalue weighted by atomic mass is 32.1.